The molecule has 4 nitrogen and oxygen atoms in total. The smallest absolute Gasteiger partial charge is 0.376 e. The molecule has 23 heavy (non-hydrogen) atoms. The number of carbonyl (C=O) groups excluding carboxylic acids is 1. The van der Waals surface area contributed by atoms with Crippen molar-refractivity contribution in [1.29, 1.82) is 5.26 Å². The number of rotatable bonds is 4. The summed E-state index contributed by atoms with van der Waals surface area (Å²) in [5.74, 6) is -0.625. The molecular formula is C16H15F3N2O2. The van der Waals surface area contributed by atoms with Gasteiger partial charge in [-0.2, -0.15) is 18.4 Å². The zero-order valence-electron chi connectivity index (χ0n) is 12.2. The highest BCUT2D eigenvalue weighted by Crippen LogP contribution is 2.29. The molecule has 1 amide bonds. The first kappa shape index (κ1) is 17.0. The summed E-state index contributed by atoms with van der Waals surface area (Å²) < 4.78 is 43.3. The summed E-state index contributed by atoms with van der Waals surface area (Å²) >= 11 is 0. The Kier molecular flexibility index (Phi) is 5.40. The van der Waals surface area contributed by atoms with Gasteiger partial charge in [-0.25, -0.2) is 0 Å². The van der Waals surface area contributed by atoms with Crippen molar-refractivity contribution in [2.75, 3.05) is 13.2 Å². The van der Waals surface area contributed by atoms with Crippen LogP contribution in [0.25, 0.3) is 6.08 Å². The van der Waals surface area contributed by atoms with Crippen LogP contribution < -0.4 is 5.32 Å². The van der Waals surface area contributed by atoms with Gasteiger partial charge in [0.15, 0.2) is 0 Å². The van der Waals surface area contributed by atoms with Crippen LogP contribution in [0.2, 0.25) is 0 Å². The first-order valence-corrected chi connectivity index (χ1v) is 7.09. The zero-order valence-corrected chi connectivity index (χ0v) is 12.2. The number of benzene rings is 1. The third-order valence-electron chi connectivity index (χ3n) is 3.40. The Labute approximate surface area is 131 Å². The quantitative estimate of drug-likeness (QED) is 0.684. The van der Waals surface area contributed by atoms with Crippen LogP contribution in [-0.2, 0) is 15.7 Å². The number of halogens is 3. The number of alkyl halides is 3. The molecule has 1 N–H and O–H groups in total. The highest BCUT2D eigenvalue weighted by atomic mass is 19.4. The van der Waals surface area contributed by atoms with Gasteiger partial charge < -0.3 is 10.1 Å². The summed E-state index contributed by atoms with van der Waals surface area (Å²) in [7, 11) is 0. The van der Waals surface area contributed by atoms with Gasteiger partial charge in [0.05, 0.1) is 11.7 Å². The lowest BCUT2D eigenvalue weighted by molar-refractivity contribution is -0.137. The SMILES string of the molecule is N#C/C(=C\c1cccc(C(F)(F)F)c1)C(=O)NC[C@H]1CCCO1. The maximum atomic E-state index is 12.7. The summed E-state index contributed by atoms with van der Waals surface area (Å²) in [5.41, 5.74) is -0.936. The number of carbonyl (C=O) groups is 1. The minimum Gasteiger partial charge on any atom is -0.376 e. The second-order valence-electron chi connectivity index (χ2n) is 5.14. The molecule has 1 fully saturated rings. The fourth-order valence-corrected chi connectivity index (χ4v) is 2.23. The minimum absolute atomic E-state index is 0.0764. The molecule has 1 aromatic rings. The molecule has 1 heterocycles. The van der Waals surface area contributed by atoms with Crippen LogP contribution in [0.15, 0.2) is 29.8 Å². The Bertz CT molecular complexity index is 641. The number of nitriles is 1. The van der Waals surface area contributed by atoms with Crippen molar-refractivity contribution < 1.29 is 22.7 Å². The highest BCUT2D eigenvalue weighted by molar-refractivity contribution is 6.01. The van der Waals surface area contributed by atoms with E-state index in [-0.39, 0.29) is 23.8 Å². The van der Waals surface area contributed by atoms with Crippen LogP contribution >= 0.6 is 0 Å². The number of hydrogen-bond donors (Lipinski definition) is 1. The van der Waals surface area contributed by atoms with E-state index in [2.05, 4.69) is 5.32 Å². The van der Waals surface area contributed by atoms with Crippen LogP contribution in [0, 0.1) is 11.3 Å². The van der Waals surface area contributed by atoms with Crippen LogP contribution in [0.3, 0.4) is 0 Å². The molecule has 0 bridgehead atoms. The lowest BCUT2D eigenvalue weighted by atomic mass is 10.1. The molecule has 0 radical (unpaired) electrons. The van der Waals surface area contributed by atoms with E-state index < -0.39 is 17.6 Å². The Hall–Kier alpha value is -2.33. The summed E-state index contributed by atoms with van der Waals surface area (Å²) in [6.07, 6.45) is -1.66. The second-order valence-corrected chi connectivity index (χ2v) is 5.14. The van der Waals surface area contributed by atoms with Crippen molar-refractivity contribution in [1.82, 2.24) is 5.32 Å². The van der Waals surface area contributed by atoms with Crippen molar-refractivity contribution in [3.8, 4) is 6.07 Å². The fourth-order valence-electron chi connectivity index (χ4n) is 2.23. The van der Waals surface area contributed by atoms with Crippen LogP contribution in [0.5, 0.6) is 0 Å². The van der Waals surface area contributed by atoms with Crippen molar-refractivity contribution in [2.45, 2.75) is 25.1 Å². The zero-order chi connectivity index (χ0) is 16.9. The molecule has 0 aliphatic carbocycles. The molecule has 1 atom stereocenters. The Balaban J connectivity index is 2.08. The van der Waals surface area contributed by atoms with Gasteiger partial charge in [-0.15, -0.1) is 0 Å². The molecular weight excluding hydrogens is 309 g/mol. The topological polar surface area (TPSA) is 62.1 Å². The van der Waals surface area contributed by atoms with E-state index in [0.29, 0.717) is 6.61 Å². The van der Waals surface area contributed by atoms with Crippen LogP contribution in [0.1, 0.15) is 24.0 Å². The van der Waals surface area contributed by atoms with Crippen LogP contribution in [-0.4, -0.2) is 25.2 Å². The van der Waals surface area contributed by atoms with Gasteiger partial charge in [0.2, 0.25) is 0 Å². The van der Waals surface area contributed by atoms with Gasteiger partial charge in [-0.1, -0.05) is 12.1 Å². The maximum absolute atomic E-state index is 12.7. The maximum Gasteiger partial charge on any atom is 0.416 e. The van der Waals surface area contributed by atoms with Gasteiger partial charge >= 0.3 is 6.18 Å². The van der Waals surface area contributed by atoms with E-state index >= 15 is 0 Å². The molecule has 0 spiro atoms. The average molecular weight is 324 g/mol. The van der Waals surface area contributed by atoms with Crippen molar-refractivity contribution >= 4 is 12.0 Å². The number of nitrogens with zero attached hydrogens (tertiary/aromatic N) is 1. The second kappa shape index (κ2) is 7.29. The summed E-state index contributed by atoms with van der Waals surface area (Å²) in [6, 6.07) is 6.17. The molecule has 7 heteroatoms. The first-order valence-electron chi connectivity index (χ1n) is 7.09. The summed E-state index contributed by atoms with van der Waals surface area (Å²) in [6.45, 7) is 0.923. The minimum atomic E-state index is -4.47. The largest absolute Gasteiger partial charge is 0.416 e. The molecule has 0 saturated carbocycles. The van der Waals surface area contributed by atoms with E-state index in [1.807, 2.05) is 0 Å². The van der Waals surface area contributed by atoms with E-state index in [9.17, 15) is 18.0 Å². The van der Waals surface area contributed by atoms with Gasteiger partial charge in [0.1, 0.15) is 11.6 Å². The lowest BCUT2D eigenvalue weighted by Gasteiger charge is -2.10. The Morgan fingerprint density at radius 1 is 1.48 bits per heavy atom. The molecule has 2 rings (SSSR count). The van der Waals surface area contributed by atoms with Crippen molar-refractivity contribution in [3.05, 3.63) is 41.0 Å². The predicted molar refractivity (Wildman–Crippen MR) is 77.0 cm³/mol. The Morgan fingerprint density at radius 2 is 2.26 bits per heavy atom. The van der Waals surface area contributed by atoms with Gasteiger partial charge in [-0.05, 0) is 36.6 Å². The summed E-state index contributed by atoms with van der Waals surface area (Å²) in [4.78, 5) is 11.9. The van der Waals surface area contributed by atoms with Crippen LogP contribution in [0.4, 0.5) is 13.2 Å². The Morgan fingerprint density at radius 3 is 2.87 bits per heavy atom. The van der Waals surface area contributed by atoms with Crippen molar-refractivity contribution in [2.24, 2.45) is 0 Å². The number of amides is 1. The summed E-state index contributed by atoms with van der Waals surface area (Å²) in [5, 5.41) is 11.6. The van der Waals surface area contributed by atoms with E-state index in [1.54, 1.807) is 6.07 Å². The van der Waals surface area contributed by atoms with Gasteiger partial charge in [0, 0.05) is 13.2 Å². The third kappa shape index (κ3) is 4.83. The van der Waals surface area contributed by atoms with Gasteiger partial charge in [-0.3, -0.25) is 4.79 Å². The predicted octanol–water partition coefficient (Wildman–Crippen LogP) is 2.91. The molecule has 1 aromatic carbocycles. The van der Waals surface area contributed by atoms with E-state index in [4.69, 9.17) is 10.00 Å². The lowest BCUT2D eigenvalue weighted by Crippen LogP contribution is -2.32. The van der Waals surface area contributed by atoms with E-state index in [0.717, 1.165) is 31.1 Å². The molecule has 1 aliphatic heterocycles. The van der Waals surface area contributed by atoms with Crippen molar-refractivity contribution in [3.63, 3.8) is 0 Å². The molecule has 0 aromatic heterocycles. The van der Waals surface area contributed by atoms with Gasteiger partial charge in [0.25, 0.3) is 5.91 Å². The normalized spacial score (nSPS) is 18.5. The molecule has 122 valence electrons. The molecule has 1 aliphatic rings. The molecule has 0 unspecified atom stereocenters. The molecule has 1 saturated heterocycles. The third-order valence-corrected chi connectivity index (χ3v) is 3.40. The number of nitrogens with one attached hydrogen (secondary N) is 1. The van der Waals surface area contributed by atoms with E-state index in [1.165, 1.54) is 12.1 Å². The highest BCUT2D eigenvalue weighted by Gasteiger charge is 2.30. The first-order chi connectivity index (χ1) is 10.9. The number of ether oxygens (including phenoxy) is 1. The fraction of sp³-hybridized carbons (Fsp3) is 0.375. The number of hydrogen-bond acceptors (Lipinski definition) is 3. The standard InChI is InChI=1S/C16H15F3N2O2/c17-16(18,19)13-4-1-3-11(8-13)7-12(9-20)15(22)21-10-14-5-2-6-23-14/h1,3-4,7-8,14H,2,5-6,10H2,(H,21,22)/b12-7+/t14-/m1/s1. The average Bonchev–Trinajstić information content (AvgIpc) is 3.03. The monoisotopic (exact) mass is 324 g/mol.